The number of hydrogen-bond donors (Lipinski definition) is 3. The lowest BCUT2D eigenvalue weighted by Crippen LogP contribution is -2.65. The minimum atomic E-state index is -0.308. The number of ether oxygens (including phenoxy) is 2. The van der Waals surface area contributed by atoms with Gasteiger partial charge in [-0.1, -0.05) is 24.3 Å². The van der Waals surface area contributed by atoms with Gasteiger partial charge in [-0.2, -0.15) is 0 Å². The molecule has 4 amide bonds. The predicted octanol–water partition coefficient (Wildman–Crippen LogP) is 3.72. The fraction of sp³-hybridized carbons (Fsp3) is 0.457. The molecule has 0 unspecified atom stereocenters. The Balaban J connectivity index is 0.707. The summed E-state index contributed by atoms with van der Waals surface area (Å²) in [4.78, 5) is 51.1. The Morgan fingerprint density at radius 2 is 1.61 bits per heavy atom. The molecule has 5 saturated heterocycles. The molecule has 7 heterocycles. The molecule has 0 radical (unpaired) electrons. The van der Waals surface area contributed by atoms with Crippen LogP contribution in [0.2, 0.25) is 0 Å². The minimum absolute atomic E-state index is 0.0124. The minimum Gasteiger partial charge on any atom is -0.507 e. The van der Waals surface area contributed by atoms with E-state index in [0.717, 1.165) is 61.7 Å². The van der Waals surface area contributed by atoms with Crippen LogP contribution in [-0.2, 0) is 20.7 Å². The molecule has 3 atom stereocenters. The number of urea groups is 1. The van der Waals surface area contributed by atoms with E-state index in [1.807, 2.05) is 47.2 Å². The average molecular weight is 843 g/mol. The third kappa shape index (κ3) is 7.65. The number of nitrogens with two attached hydrogens (primary N) is 1. The van der Waals surface area contributed by atoms with Crippen LogP contribution < -0.4 is 35.4 Å². The number of nitrogens with one attached hydrogen (secondary N) is 1. The number of anilines is 5. The summed E-state index contributed by atoms with van der Waals surface area (Å²) in [6.45, 7) is 7.02. The van der Waals surface area contributed by atoms with E-state index < -0.39 is 0 Å². The number of fused-ring (bicyclic) bond motifs is 3. The number of aromatic hydroxyl groups is 1. The summed E-state index contributed by atoms with van der Waals surface area (Å²) in [5.41, 5.74) is 13.0. The molecule has 324 valence electrons. The molecule has 62 heavy (non-hydrogen) atoms. The SMILES string of the molecule is CN(CC1CN(c2cccc3c2CCN3[C@H]2CCC(=O)NC2=O)C1)C(=O)N1CCC(Oc2cccc(N3[C@@H]4COC[C@H]3CN(c3cc(-c5ccccc5O)nnc3N)C4)c2)CC1. The molecular weight excluding hydrogens is 789 g/mol. The fourth-order valence-corrected chi connectivity index (χ4v) is 10.5. The summed E-state index contributed by atoms with van der Waals surface area (Å²) in [6.07, 6.45) is 3.32. The monoisotopic (exact) mass is 842 g/mol. The first kappa shape index (κ1) is 39.8. The Hall–Kier alpha value is -6.29. The number of carbonyl (C=O) groups is 3. The lowest BCUT2D eigenvalue weighted by Gasteiger charge is -2.51. The molecular formula is C46H54N10O6. The van der Waals surface area contributed by atoms with E-state index >= 15 is 0 Å². The van der Waals surface area contributed by atoms with Crippen LogP contribution in [0.1, 0.15) is 31.2 Å². The molecule has 0 spiro atoms. The predicted molar refractivity (Wildman–Crippen MR) is 236 cm³/mol. The first-order valence-electron chi connectivity index (χ1n) is 21.9. The lowest BCUT2D eigenvalue weighted by atomic mass is 9.96. The van der Waals surface area contributed by atoms with E-state index in [9.17, 15) is 19.5 Å². The number of carbonyl (C=O) groups excluding carboxylic acids is 3. The van der Waals surface area contributed by atoms with Crippen LogP contribution in [0.3, 0.4) is 0 Å². The van der Waals surface area contributed by atoms with Crippen LogP contribution in [0.15, 0.2) is 72.8 Å². The van der Waals surface area contributed by atoms with Crippen LogP contribution in [0, 0.1) is 5.92 Å². The average Bonchev–Trinajstić information content (AvgIpc) is 3.69. The van der Waals surface area contributed by atoms with Crippen molar-refractivity contribution in [3.63, 3.8) is 0 Å². The Kier molecular flexibility index (Phi) is 10.6. The first-order valence-corrected chi connectivity index (χ1v) is 21.9. The number of piperazine rings is 1. The van der Waals surface area contributed by atoms with E-state index in [-0.39, 0.29) is 47.8 Å². The number of morpholine rings is 1. The highest BCUT2D eigenvalue weighted by molar-refractivity contribution is 6.02. The van der Waals surface area contributed by atoms with Crippen LogP contribution in [0.5, 0.6) is 11.5 Å². The standard InChI is InChI=1S/C46H54N10O6/c1-51(22-29-23-53(24-29)38-9-5-10-39-36(38)16-19-55(39)40-12-13-43(58)48-45(40)59)46(60)52-17-14-33(15-18-52)62-34-7-4-6-30(20-34)56-31-25-54(26-32(56)28-61-27-31)41-21-37(49-50-44(41)47)35-8-2-3-11-42(35)57/h2-11,20-21,29,31-33,40,57H,12-19,22-28H2,1H3,(H2,47,50)(H,48,58,59)/t31-,32+,40-/m0/s1. The van der Waals surface area contributed by atoms with Gasteiger partial charge in [-0.3, -0.25) is 14.9 Å². The zero-order chi connectivity index (χ0) is 42.5. The topological polar surface area (TPSA) is 173 Å². The molecule has 6 aliphatic rings. The molecule has 3 aromatic carbocycles. The molecule has 16 heteroatoms. The first-order chi connectivity index (χ1) is 30.2. The van der Waals surface area contributed by atoms with Gasteiger partial charge in [-0.05, 0) is 55.3 Å². The second-order valence-corrected chi connectivity index (χ2v) is 17.6. The smallest absolute Gasteiger partial charge is 0.319 e. The number of imide groups is 1. The summed E-state index contributed by atoms with van der Waals surface area (Å²) in [5.74, 6) is 1.30. The highest BCUT2D eigenvalue weighted by atomic mass is 16.5. The molecule has 4 aromatic rings. The highest BCUT2D eigenvalue weighted by Crippen LogP contribution is 2.41. The highest BCUT2D eigenvalue weighted by Gasteiger charge is 2.41. The number of likely N-dealkylation sites (tertiary alicyclic amines) is 1. The van der Waals surface area contributed by atoms with Gasteiger partial charge in [0.25, 0.3) is 0 Å². The van der Waals surface area contributed by atoms with Crippen molar-refractivity contribution in [1.82, 2.24) is 25.3 Å². The van der Waals surface area contributed by atoms with Crippen LogP contribution in [0.25, 0.3) is 11.3 Å². The molecule has 5 fully saturated rings. The Morgan fingerprint density at radius 3 is 2.39 bits per heavy atom. The van der Waals surface area contributed by atoms with E-state index in [2.05, 4.69) is 65.4 Å². The van der Waals surface area contributed by atoms with Crippen molar-refractivity contribution in [2.45, 2.75) is 56.3 Å². The molecule has 6 aliphatic heterocycles. The molecule has 1 aromatic heterocycles. The van der Waals surface area contributed by atoms with E-state index in [1.54, 1.807) is 12.1 Å². The number of piperidine rings is 2. The van der Waals surface area contributed by atoms with Crippen LogP contribution in [0.4, 0.5) is 33.4 Å². The maximum atomic E-state index is 13.6. The van der Waals surface area contributed by atoms with Gasteiger partial charge in [0.15, 0.2) is 5.82 Å². The lowest BCUT2D eigenvalue weighted by molar-refractivity contribution is -0.134. The summed E-state index contributed by atoms with van der Waals surface area (Å²) in [5, 5.41) is 21.5. The summed E-state index contributed by atoms with van der Waals surface area (Å²) < 4.78 is 12.6. The summed E-state index contributed by atoms with van der Waals surface area (Å²) in [6, 6.07) is 23.6. The molecule has 16 nitrogen and oxygen atoms in total. The summed E-state index contributed by atoms with van der Waals surface area (Å²) >= 11 is 0. The van der Waals surface area contributed by atoms with Gasteiger partial charge >= 0.3 is 6.03 Å². The van der Waals surface area contributed by atoms with Gasteiger partial charge in [-0.25, -0.2) is 4.79 Å². The number of phenols is 1. The maximum absolute atomic E-state index is 13.6. The zero-order valence-electron chi connectivity index (χ0n) is 35.1. The van der Waals surface area contributed by atoms with Gasteiger partial charge in [0.05, 0.1) is 36.7 Å². The van der Waals surface area contributed by atoms with Gasteiger partial charge < -0.3 is 49.7 Å². The molecule has 0 saturated carbocycles. The van der Waals surface area contributed by atoms with Crippen molar-refractivity contribution in [2.24, 2.45) is 5.92 Å². The van der Waals surface area contributed by atoms with Crippen molar-refractivity contribution >= 4 is 46.4 Å². The van der Waals surface area contributed by atoms with Crippen molar-refractivity contribution in [1.29, 1.82) is 0 Å². The number of phenolic OH excluding ortho intramolecular Hbond substituents is 1. The number of aromatic nitrogens is 2. The van der Waals surface area contributed by atoms with Crippen molar-refractivity contribution in [2.75, 3.05) is 98.0 Å². The molecule has 0 aliphatic carbocycles. The number of para-hydroxylation sites is 1. The van der Waals surface area contributed by atoms with Gasteiger partial charge in [0.2, 0.25) is 11.8 Å². The van der Waals surface area contributed by atoms with Crippen molar-refractivity contribution in [3.8, 4) is 22.8 Å². The zero-order valence-corrected chi connectivity index (χ0v) is 35.1. The van der Waals surface area contributed by atoms with Gasteiger partial charge in [0.1, 0.15) is 23.6 Å². The Bertz CT molecular complexity index is 2340. The molecule has 4 N–H and O–H groups in total. The van der Waals surface area contributed by atoms with Crippen LogP contribution in [-0.4, -0.2) is 140 Å². The molecule has 10 rings (SSSR count). The number of amides is 4. The quantitative estimate of drug-likeness (QED) is 0.209. The van der Waals surface area contributed by atoms with Crippen molar-refractivity contribution < 1.29 is 29.0 Å². The second-order valence-electron chi connectivity index (χ2n) is 17.6. The normalized spacial score (nSPS) is 22.9. The summed E-state index contributed by atoms with van der Waals surface area (Å²) in [7, 11) is 1.91. The fourth-order valence-electron chi connectivity index (χ4n) is 10.5. The molecule has 2 bridgehead atoms. The van der Waals surface area contributed by atoms with Gasteiger partial charge in [-0.15, -0.1) is 10.2 Å². The third-order valence-corrected chi connectivity index (χ3v) is 13.5. The maximum Gasteiger partial charge on any atom is 0.319 e. The second kappa shape index (κ2) is 16.5. The third-order valence-electron chi connectivity index (χ3n) is 13.5. The Labute approximate surface area is 361 Å². The number of hydrogen-bond acceptors (Lipinski definition) is 13. The largest absolute Gasteiger partial charge is 0.507 e. The number of rotatable bonds is 9. The Morgan fingerprint density at radius 1 is 0.871 bits per heavy atom. The van der Waals surface area contributed by atoms with Gasteiger partial charge in [0, 0.05) is 119 Å². The number of nitrogens with zero attached hydrogens (tertiary/aromatic N) is 8. The number of nitrogen functional groups attached to an aromatic ring is 1. The van der Waals surface area contributed by atoms with Crippen molar-refractivity contribution in [3.05, 3.63) is 78.4 Å². The van der Waals surface area contributed by atoms with E-state index in [4.69, 9.17) is 15.2 Å². The number of benzene rings is 3. The van der Waals surface area contributed by atoms with Crippen LogP contribution >= 0.6 is 0 Å². The van der Waals surface area contributed by atoms with E-state index in [1.165, 1.54) is 11.3 Å². The van der Waals surface area contributed by atoms with E-state index in [0.29, 0.717) is 81.8 Å².